The lowest BCUT2D eigenvalue weighted by Crippen LogP contribution is -2.18. The lowest BCUT2D eigenvalue weighted by Gasteiger charge is -2.13. The number of nitrogens with zero attached hydrogens (tertiary/aromatic N) is 2. The molecule has 4 heteroatoms. The molecule has 0 fully saturated rings. The van der Waals surface area contributed by atoms with Gasteiger partial charge < -0.3 is 10.3 Å². The van der Waals surface area contributed by atoms with E-state index in [9.17, 15) is 0 Å². The summed E-state index contributed by atoms with van der Waals surface area (Å²) < 4.78 is 5.20. The molecule has 14 heavy (non-hydrogen) atoms. The number of hydrogen-bond acceptors (Lipinski definition) is 4. The molecule has 1 aromatic heterocycles. The van der Waals surface area contributed by atoms with Gasteiger partial charge in [0.2, 0.25) is 5.89 Å². The molecule has 0 saturated heterocycles. The van der Waals surface area contributed by atoms with Crippen molar-refractivity contribution in [2.24, 2.45) is 11.7 Å². The Bertz CT molecular complexity index is 281. The summed E-state index contributed by atoms with van der Waals surface area (Å²) in [4.78, 5) is 4.34. The van der Waals surface area contributed by atoms with E-state index in [1.807, 2.05) is 13.8 Å². The zero-order valence-electron chi connectivity index (χ0n) is 9.32. The average molecular weight is 197 g/mol. The van der Waals surface area contributed by atoms with Crippen LogP contribution in [-0.2, 0) is 0 Å². The molecule has 2 N–H and O–H groups in total. The van der Waals surface area contributed by atoms with Crippen molar-refractivity contribution >= 4 is 0 Å². The molecule has 0 amide bonds. The number of aromatic nitrogens is 2. The second-order valence-corrected chi connectivity index (χ2v) is 4.23. The molecule has 4 nitrogen and oxygen atoms in total. The summed E-state index contributed by atoms with van der Waals surface area (Å²) in [6, 6.07) is 0. The monoisotopic (exact) mass is 197 g/mol. The van der Waals surface area contributed by atoms with Gasteiger partial charge >= 0.3 is 0 Å². The topological polar surface area (TPSA) is 64.9 Å². The van der Waals surface area contributed by atoms with Gasteiger partial charge in [0.05, 0.1) is 5.92 Å². The zero-order chi connectivity index (χ0) is 10.7. The molecule has 0 saturated carbocycles. The van der Waals surface area contributed by atoms with Crippen molar-refractivity contribution < 1.29 is 4.52 Å². The van der Waals surface area contributed by atoms with Gasteiger partial charge in [0.15, 0.2) is 5.82 Å². The smallest absolute Gasteiger partial charge is 0.231 e. The van der Waals surface area contributed by atoms with E-state index in [1.165, 1.54) is 0 Å². The highest BCUT2D eigenvalue weighted by Crippen LogP contribution is 2.22. The van der Waals surface area contributed by atoms with E-state index in [2.05, 4.69) is 24.0 Å². The van der Waals surface area contributed by atoms with Gasteiger partial charge in [0.25, 0.3) is 0 Å². The Labute approximate surface area is 84.9 Å². The minimum Gasteiger partial charge on any atom is -0.339 e. The summed E-state index contributed by atoms with van der Waals surface area (Å²) in [7, 11) is 0. The first-order chi connectivity index (χ1) is 6.56. The molecule has 1 atom stereocenters. The van der Waals surface area contributed by atoms with Crippen LogP contribution in [-0.4, -0.2) is 16.7 Å². The van der Waals surface area contributed by atoms with Crippen molar-refractivity contribution in [1.82, 2.24) is 10.1 Å². The maximum atomic E-state index is 5.66. The summed E-state index contributed by atoms with van der Waals surface area (Å²) in [5, 5.41) is 3.93. The minimum absolute atomic E-state index is 0.176. The van der Waals surface area contributed by atoms with E-state index < -0.39 is 0 Å². The Hall–Kier alpha value is -0.900. The average Bonchev–Trinajstić information content (AvgIpc) is 2.53. The van der Waals surface area contributed by atoms with Gasteiger partial charge in [-0.15, -0.1) is 0 Å². The first kappa shape index (κ1) is 11.2. The van der Waals surface area contributed by atoms with Crippen LogP contribution < -0.4 is 5.73 Å². The maximum absolute atomic E-state index is 5.66. The summed E-state index contributed by atoms with van der Waals surface area (Å²) in [6.45, 7) is 8.86. The second-order valence-electron chi connectivity index (χ2n) is 4.23. The molecule has 0 aromatic carbocycles. The summed E-state index contributed by atoms with van der Waals surface area (Å²) >= 11 is 0. The van der Waals surface area contributed by atoms with E-state index >= 15 is 0 Å². The summed E-state index contributed by atoms with van der Waals surface area (Å²) in [6.07, 6.45) is 0. The van der Waals surface area contributed by atoms with Crippen LogP contribution in [0.5, 0.6) is 0 Å². The molecule has 1 rings (SSSR count). The van der Waals surface area contributed by atoms with Gasteiger partial charge in [-0.05, 0) is 5.92 Å². The van der Waals surface area contributed by atoms with Crippen molar-refractivity contribution in [2.75, 3.05) is 6.54 Å². The lowest BCUT2D eigenvalue weighted by atomic mass is 9.96. The zero-order valence-corrected chi connectivity index (χ0v) is 9.32. The van der Waals surface area contributed by atoms with Crippen molar-refractivity contribution in [2.45, 2.75) is 39.5 Å². The van der Waals surface area contributed by atoms with Crippen LogP contribution in [0.25, 0.3) is 0 Å². The molecule has 0 radical (unpaired) electrons. The molecule has 0 aliphatic heterocycles. The summed E-state index contributed by atoms with van der Waals surface area (Å²) in [5.41, 5.74) is 5.66. The number of nitrogens with two attached hydrogens (primary N) is 1. The van der Waals surface area contributed by atoms with Crippen LogP contribution in [0.15, 0.2) is 4.52 Å². The summed E-state index contributed by atoms with van der Waals surface area (Å²) in [5.74, 6) is 2.35. The largest absolute Gasteiger partial charge is 0.339 e. The minimum atomic E-state index is 0.176. The van der Waals surface area contributed by atoms with Crippen molar-refractivity contribution in [3.8, 4) is 0 Å². The highest BCUT2D eigenvalue weighted by Gasteiger charge is 2.21. The first-order valence-corrected chi connectivity index (χ1v) is 5.09. The molecule has 80 valence electrons. The third kappa shape index (κ3) is 2.32. The molecule has 0 spiro atoms. The fraction of sp³-hybridized carbons (Fsp3) is 0.800. The standard InChI is InChI=1S/C10H19N3O/c1-6(2)8(5-11)10-12-9(7(3)4)13-14-10/h6-8H,5,11H2,1-4H3. The van der Waals surface area contributed by atoms with E-state index in [0.29, 0.717) is 24.3 Å². The predicted octanol–water partition coefficient (Wildman–Crippen LogP) is 1.89. The van der Waals surface area contributed by atoms with Crippen LogP contribution in [0.3, 0.4) is 0 Å². The van der Waals surface area contributed by atoms with E-state index in [0.717, 1.165) is 5.82 Å². The highest BCUT2D eigenvalue weighted by molar-refractivity contribution is 4.98. The quantitative estimate of drug-likeness (QED) is 0.800. The third-order valence-corrected chi connectivity index (χ3v) is 2.35. The molecule has 0 aliphatic rings. The molecule has 1 heterocycles. The van der Waals surface area contributed by atoms with Gasteiger partial charge in [-0.3, -0.25) is 0 Å². The maximum Gasteiger partial charge on any atom is 0.231 e. The Morgan fingerprint density at radius 1 is 1.29 bits per heavy atom. The fourth-order valence-electron chi connectivity index (χ4n) is 1.29. The second kappa shape index (κ2) is 4.55. The van der Waals surface area contributed by atoms with Crippen LogP contribution in [0, 0.1) is 5.92 Å². The SMILES string of the molecule is CC(C)c1noc(C(CN)C(C)C)n1. The van der Waals surface area contributed by atoms with Crippen LogP contribution in [0.2, 0.25) is 0 Å². The Morgan fingerprint density at radius 3 is 2.29 bits per heavy atom. The number of hydrogen-bond donors (Lipinski definition) is 1. The third-order valence-electron chi connectivity index (χ3n) is 2.35. The van der Waals surface area contributed by atoms with Gasteiger partial charge in [-0.1, -0.05) is 32.9 Å². The fourth-order valence-corrected chi connectivity index (χ4v) is 1.29. The van der Waals surface area contributed by atoms with Gasteiger partial charge in [0.1, 0.15) is 0 Å². The van der Waals surface area contributed by atoms with E-state index in [-0.39, 0.29) is 5.92 Å². The Morgan fingerprint density at radius 2 is 1.93 bits per heavy atom. The van der Waals surface area contributed by atoms with Crippen molar-refractivity contribution in [1.29, 1.82) is 0 Å². The van der Waals surface area contributed by atoms with E-state index in [1.54, 1.807) is 0 Å². The molecule has 1 aromatic rings. The Balaban J connectivity index is 2.84. The van der Waals surface area contributed by atoms with E-state index in [4.69, 9.17) is 10.3 Å². The van der Waals surface area contributed by atoms with Crippen molar-refractivity contribution in [3.63, 3.8) is 0 Å². The van der Waals surface area contributed by atoms with Gasteiger partial charge in [-0.25, -0.2) is 0 Å². The van der Waals surface area contributed by atoms with Gasteiger partial charge in [-0.2, -0.15) is 4.98 Å². The molecular weight excluding hydrogens is 178 g/mol. The lowest BCUT2D eigenvalue weighted by molar-refractivity contribution is 0.321. The molecular formula is C10H19N3O. The van der Waals surface area contributed by atoms with Crippen LogP contribution in [0.4, 0.5) is 0 Å². The molecule has 0 aliphatic carbocycles. The van der Waals surface area contributed by atoms with Crippen molar-refractivity contribution in [3.05, 3.63) is 11.7 Å². The molecule has 1 unspecified atom stereocenters. The van der Waals surface area contributed by atoms with Gasteiger partial charge in [0, 0.05) is 12.5 Å². The first-order valence-electron chi connectivity index (χ1n) is 5.09. The highest BCUT2D eigenvalue weighted by atomic mass is 16.5. The predicted molar refractivity (Wildman–Crippen MR) is 55.0 cm³/mol. The normalized spacial score (nSPS) is 13.9. The van der Waals surface area contributed by atoms with Crippen LogP contribution in [0.1, 0.15) is 51.2 Å². The van der Waals surface area contributed by atoms with Crippen LogP contribution >= 0.6 is 0 Å². The Kier molecular flexibility index (Phi) is 3.63. The molecule has 0 bridgehead atoms. The number of rotatable bonds is 4.